The van der Waals surface area contributed by atoms with Crippen molar-refractivity contribution in [2.75, 3.05) is 26.0 Å². The van der Waals surface area contributed by atoms with Gasteiger partial charge in [-0.25, -0.2) is 0 Å². The molecule has 1 amide bonds. The van der Waals surface area contributed by atoms with Crippen LogP contribution in [0.5, 0.6) is 0 Å². The van der Waals surface area contributed by atoms with Gasteiger partial charge in [0.2, 0.25) is 0 Å². The molecule has 1 N–H and O–H groups in total. The summed E-state index contributed by atoms with van der Waals surface area (Å²) < 4.78 is 5.60. The summed E-state index contributed by atoms with van der Waals surface area (Å²) in [5.74, 6) is 1.98. The molecule has 5 heteroatoms. The molecular formula is C15H23NO3S. The number of carbonyl (C=O) groups is 1. The first-order valence-electron chi connectivity index (χ1n) is 7.12. The molecule has 1 saturated heterocycles. The predicted molar refractivity (Wildman–Crippen MR) is 80.9 cm³/mol. The molecule has 0 unspecified atom stereocenters. The summed E-state index contributed by atoms with van der Waals surface area (Å²) >= 11 is 1.67. The van der Waals surface area contributed by atoms with Gasteiger partial charge in [-0.1, -0.05) is 6.92 Å². The third-order valence-corrected chi connectivity index (χ3v) is 4.77. The van der Waals surface area contributed by atoms with E-state index in [-0.39, 0.29) is 17.9 Å². The SMILES string of the molecule is CC[C@]1(CO)CCCN(C(=O)c2ccc(CSC)o2)C1. The molecule has 1 atom stereocenters. The van der Waals surface area contributed by atoms with Crippen LogP contribution in [-0.4, -0.2) is 41.9 Å². The normalized spacial score (nSPS) is 23.1. The van der Waals surface area contributed by atoms with Gasteiger partial charge in [0, 0.05) is 18.5 Å². The number of hydrogen-bond donors (Lipinski definition) is 1. The number of carbonyl (C=O) groups excluding carboxylic acids is 1. The Hall–Kier alpha value is -0.940. The first-order valence-corrected chi connectivity index (χ1v) is 8.51. The van der Waals surface area contributed by atoms with E-state index in [1.54, 1.807) is 17.8 Å². The van der Waals surface area contributed by atoms with Gasteiger partial charge in [-0.2, -0.15) is 11.8 Å². The monoisotopic (exact) mass is 297 g/mol. The van der Waals surface area contributed by atoms with Crippen LogP contribution >= 0.6 is 11.8 Å². The lowest BCUT2D eigenvalue weighted by atomic mass is 9.78. The van der Waals surface area contributed by atoms with Crippen LogP contribution in [0.3, 0.4) is 0 Å². The van der Waals surface area contributed by atoms with E-state index >= 15 is 0 Å². The Morgan fingerprint density at radius 1 is 1.55 bits per heavy atom. The fraction of sp³-hybridized carbons (Fsp3) is 0.667. The molecule has 0 saturated carbocycles. The zero-order valence-electron chi connectivity index (χ0n) is 12.2. The average Bonchev–Trinajstić information content (AvgIpc) is 2.95. The molecule has 112 valence electrons. The smallest absolute Gasteiger partial charge is 0.289 e. The standard InChI is InChI=1S/C15H23NO3S/c1-3-15(11-17)7-4-8-16(10-15)14(18)13-6-5-12(19-13)9-20-2/h5-6,17H,3-4,7-11H2,1-2H3/t15-/m0/s1. The number of aliphatic hydroxyl groups excluding tert-OH is 1. The highest BCUT2D eigenvalue weighted by molar-refractivity contribution is 7.97. The number of rotatable bonds is 5. The number of thioether (sulfide) groups is 1. The summed E-state index contributed by atoms with van der Waals surface area (Å²) in [5, 5.41) is 9.62. The van der Waals surface area contributed by atoms with Gasteiger partial charge in [-0.3, -0.25) is 4.79 Å². The summed E-state index contributed by atoms with van der Waals surface area (Å²) in [6.07, 6.45) is 4.83. The minimum absolute atomic E-state index is 0.0525. The molecule has 1 aliphatic rings. The molecule has 0 radical (unpaired) electrons. The van der Waals surface area contributed by atoms with E-state index < -0.39 is 0 Å². The van der Waals surface area contributed by atoms with Gasteiger partial charge in [0.1, 0.15) is 5.76 Å². The van der Waals surface area contributed by atoms with Crippen LogP contribution in [0.4, 0.5) is 0 Å². The third-order valence-electron chi connectivity index (χ3n) is 4.19. The zero-order valence-corrected chi connectivity index (χ0v) is 13.0. The van der Waals surface area contributed by atoms with E-state index in [1.807, 2.05) is 17.2 Å². The molecule has 0 aromatic carbocycles. The van der Waals surface area contributed by atoms with Gasteiger partial charge in [0.25, 0.3) is 5.91 Å². The van der Waals surface area contributed by atoms with Crippen LogP contribution in [-0.2, 0) is 5.75 Å². The van der Waals surface area contributed by atoms with Crippen LogP contribution in [0.15, 0.2) is 16.5 Å². The van der Waals surface area contributed by atoms with E-state index in [1.165, 1.54) is 0 Å². The number of furan rings is 1. The van der Waals surface area contributed by atoms with Crippen LogP contribution < -0.4 is 0 Å². The Balaban J connectivity index is 2.07. The molecule has 1 aromatic rings. The quantitative estimate of drug-likeness (QED) is 0.908. The van der Waals surface area contributed by atoms with Crippen LogP contribution in [0, 0.1) is 5.41 Å². The molecule has 0 bridgehead atoms. The van der Waals surface area contributed by atoms with Gasteiger partial charge in [-0.15, -0.1) is 0 Å². The van der Waals surface area contributed by atoms with Crippen molar-refractivity contribution in [2.45, 2.75) is 31.9 Å². The van der Waals surface area contributed by atoms with Crippen LogP contribution in [0.1, 0.15) is 42.5 Å². The number of nitrogens with zero attached hydrogens (tertiary/aromatic N) is 1. The first-order chi connectivity index (χ1) is 9.64. The summed E-state index contributed by atoms with van der Waals surface area (Å²) in [5.41, 5.74) is -0.136. The van der Waals surface area contributed by atoms with E-state index in [9.17, 15) is 9.90 Å². The summed E-state index contributed by atoms with van der Waals surface area (Å²) in [6.45, 7) is 3.59. The van der Waals surface area contributed by atoms with Gasteiger partial charge < -0.3 is 14.4 Å². The van der Waals surface area contributed by atoms with E-state index in [2.05, 4.69) is 6.92 Å². The Kier molecular flexibility index (Phi) is 5.16. The Morgan fingerprint density at radius 3 is 3.00 bits per heavy atom. The Bertz CT molecular complexity index is 454. The maximum atomic E-state index is 12.5. The third kappa shape index (κ3) is 3.20. The zero-order chi connectivity index (χ0) is 14.6. The minimum Gasteiger partial charge on any atom is -0.455 e. The number of amides is 1. The second-order valence-corrected chi connectivity index (χ2v) is 6.41. The fourth-order valence-corrected chi connectivity index (χ4v) is 3.22. The predicted octanol–water partition coefficient (Wildman–Crippen LogP) is 2.77. The minimum atomic E-state index is -0.136. The average molecular weight is 297 g/mol. The van der Waals surface area contributed by atoms with E-state index in [4.69, 9.17) is 4.42 Å². The second kappa shape index (κ2) is 6.68. The molecular weight excluding hydrogens is 274 g/mol. The van der Waals surface area contributed by atoms with E-state index in [0.29, 0.717) is 12.3 Å². The molecule has 0 spiro atoms. The van der Waals surface area contributed by atoms with Crippen molar-refractivity contribution in [1.29, 1.82) is 0 Å². The topological polar surface area (TPSA) is 53.7 Å². The summed E-state index contributed by atoms with van der Waals surface area (Å²) in [4.78, 5) is 14.3. The van der Waals surface area contributed by atoms with Crippen LogP contribution in [0.25, 0.3) is 0 Å². The number of likely N-dealkylation sites (tertiary alicyclic amines) is 1. The van der Waals surface area contributed by atoms with Crippen molar-refractivity contribution >= 4 is 17.7 Å². The van der Waals surface area contributed by atoms with Gasteiger partial charge >= 0.3 is 0 Å². The van der Waals surface area contributed by atoms with Crippen LogP contribution in [0.2, 0.25) is 0 Å². The van der Waals surface area contributed by atoms with Gasteiger partial charge in [0.05, 0.1) is 12.4 Å². The summed E-state index contributed by atoms with van der Waals surface area (Å²) in [7, 11) is 0. The highest BCUT2D eigenvalue weighted by Gasteiger charge is 2.36. The lowest BCUT2D eigenvalue weighted by Crippen LogP contribution is -2.47. The highest BCUT2D eigenvalue weighted by atomic mass is 32.2. The largest absolute Gasteiger partial charge is 0.455 e. The molecule has 20 heavy (non-hydrogen) atoms. The highest BCUT2D eigenvalue weighted by Crippen LogP contribution is 2.33. The summed E-state index contributed by atoms with van der Waals surface area (Å²) in [6, 6.07) is 3.63. The van der Waals surface area contributed by atoms with Crippen molar-refractivity contribution in [3.8, 4) is 0 Å². The number of aliphatic hydroxyl groups is 1. The Labute approximate surface area is 124 Å². The van der Waals surface area contributed by atoms with Crippen molar-refractivity contribution in [3.05, 3.63) is 23.7 Å². The van der Waals surface area contributed by atoms with Crippen molar-refractivity contribution in [3.63, 3.8) is 0 Å². The molecule has 1 fully saturated rings. The fourth-order valence-electron chi connectivity index (χ4n) is 2.78. The second-order valence-electron chi connectivity index (χ2n) is 5.54. The maximum absolute atomic E-state index is 12.5. The molecule has 2 heterocycles. The van der Waals surface area contributed by atoms with Crippen molar-refractivity contribution in [1.82, 2.24) is 4.90 Å². The lowest BCUT2D eigenvalue weighted by molar-refractivity contribution is 0.0232. The molecule has 2 rings (SSSR count). The van der Waals surface area contributed by atoms with Gasteiger partial charge in [0.15, 0.2) is 5.76 Å². The van der Waals surface area contributed by atoms with Gasteiger partial charge in [-0.05, 0) is 37.7 Å². The molecule has 1 aliphatic heterocycles. The lowest BCUT2D eigenvalue weighted by Gasteiger charge is -2.41. The molecule has 0 aliphatic carbocycles. The first kappa shape index (κ1) is 15.4. The van der Waals surface area contributed by atoms with Crippen molar-refractivity contribution in [2.24, 2.45) is 5.41 Å². The number of piperidine rings is 1. The Morgan fingerprint density at radius 2 is 2.35 bits per heavy atom. The van der Waals surface area contributed by atoms with E-state index in [0.717, 1.165) is 37.3 Å². The molecule has 1 aromatic heterocycles. The molecule has 4 nitrogen and oxygen atoms in total. The number of hydrogen-bond acceptors (Lipinski definition) is 4. The van der Waals surface area contributed by atoms with Crippen molar-refractivity contribution < 1.29 is 14.3 Å². The maximum Gasteiger partial charge on any atom is 0.289 e.